The molecule has 1 aliphatic carbocycles. The Morgan fingerprint density at radius 1 is 0.889 bits per heavy atom. The van der Waals surface area contributed by atoms with Crippen LogP contribution >= 0.6 is 0 Å². The Kier molecular flexibility index (Phi) is 8.70. The van der Waals surface area contributed by atoms with E-state index in [0.717, 1.165) is 25.7 Å². The highest BCUT2D eigenvalue weighted by Gasteiger charge is 2.26. The summed E-state index contributed by atoms with van der Waals surface area (Å²) in [4.78, 5) is 0. The van der Waals surface area contributed by atoms with Gasteiger partial charge in [0.2, 0.25) is 0 Å². The quantitative estimate of drug-likeness (QED) is 0.611. The van der Waals surface area contributed by atoms with Crippen LogP contribution in [-0.4, -0.2) is 22.4 Å². The number of unbranched alkanes of at least 4 members (excludes halogenated alkanes) is 5. The third-order valence-corrected chi connectivity index (χ3v) is 4.38. The van der Waals surface area contributed by atoms with Crippen molar-refractivity contribution in [3.05, 3.63) is 0 Å². The monoisotopic (exact) mass is 256 g/mol. The predicted molar refractivity (Wildman–Crippen MR) is 76.6 cm³/mol. The third-order valence-electron chi connectivity index (χ3n) is 4.38. The Morgan fingerprint density at radius 3 is 2.17 bits per heavy atom. The van der Waals surface area contributed by atoms with E-state index in [2.05, 4.69) is 6.92 Å². The third kappa shape index (κ3) is 6.19. The summed E-state index contributed by atoms with van der Waals surface area (Å²) in [6.45, 7) is 2.23. The number of hydrogen-bond donors (Lipinski definition) is 2. The van der Waals surface area contributed by atoms with Gasteiger partial charge in [-0.3, -0.25) is 0 Å². The van der Waals surface area contributed by atoms with E-state index in [1.807, 2.05) is 0 Å². The molecule has 0 saturated heterocycles. The van der Waals surface area contributed by atoms with Crippen LogP contribution in [0, 0.1) is 5.92 Å². The normalized spacial score (nSPS) is 20.8. The average Bonchev–Trinajstić information content (AvgIpc) is 2.42. The first-order valence-corrected chi connectivity index (χ1v) is 8.11. The van der Waals surface area contributed by atoms with Gasteiger partial charge in [-0.15, -0.1) is 0 Å². The van der Waals surface area contributed by atoms with Crippen LogP contribution in [0.15, 0.2) is 0 Å². The maximum absolute atomic E-state index is 10.1. The largest absolute Gasteiger partial charge is 0.390 e. The van der Waals surface area contributed by atoms with Crippen LogP contribution in [-0.2, 0) is 0 Å². The van der Waals surface area contributed by atoms with E-state index >= 15 is 0 Å². The second kappa shape index (κ2) is 9.80. The molecule has 0 aromatic heterocycles. The molecule has 2 heteroatoms. The van der Waals surface area contributed by atoms with Crippen molar-refractivity contribution in [3.63, 3.8) is 0 Å². The van der Waals surface area contributed by atoms with Gasteiger partial charge in [-0.1, -0.05) is 64.7 Å². The molecule has 0 aromatic carbocycles. The van der Waals surface area contributed by atoms with Gasteiger partial charge in [0.05, 0.1) is 12.2 Å². The van der Waals surface area contributed by atoms with E-state index in [0.29, 0.717) is 5.92 Å². The molecule has 1 saturated carbocycles. The second-order valence-corrected chi connectivity index (χ2v) is 6.01. The summed E-state index contributed by atoms with van der Waals surface area (Å²) in [6, 6.07) is 0. The van der Waals surface area contributed by atoms with Crippen molar-refractivity contribution >= 4 is 0 Å². The van der Waals surface area contributed by atoms with Crippen molar-refractivity contribution in [3.8, 4) is 0 Å². The summed E-state index contributed by atoms with van der Waals surface area (Å²) >= 11 is 0. The van der Waals surface area contributed by atoms with Crippen molar-refractivity contribution in [1.29, 1.82) is 0 Å². The van der Waals surface area contributed by atoms with Crippen LogP contribution in [0.3, 0.4) is 0 Å². The molecule has 0 aromatic rings. The van der Waals surface area contributed by atoms with E-state index in [9.17, 15) is 10.2 Å². The van der Waals surface area contributed by atoms with Crippen molar-refractivity contribution < 1.29 is 10.2 Å². The van der Waals surface area contributed by atoms with Crippen molar-refractivity contribution in [2.45, 2.75) is 96.2 Å². The second-order valence-electron chi connectivity index (χ2n) is 6.01. The van der Waals surface area contributed by atoms with E-state index in [1.54, 1.807) is 0 Å². The summed E-state index contributed by atoms with van der Waals surface area (Å²) in [6.07, 6.45) is 13.3. The standard InChI is InChI=1S/C16H32O2/c1-2-3-4-5-6-10-13-15(17)16(18)14-11-8-7-9-12-14/h14-18H,2-13H2,1H3. The Labute approximate surface area is 113 Å². The number of hydrogen-bond acceptors (Lipinski definition) is 2. The van der Waals surface area contributed by atoms with Crippen molar-refractivity contribution in [1.82, 2.24) is 0 Å². The van der Waals surface area contributed by atoms with Gasteiger partial charge in [-0.25, -0.2) is 0 Å². The first-order chi connectivity index (χ1) is 8.75. The van der Waals surface area contributed by atoms with Gasteiger partial charge in [-0.2, -0.15) is 0 Å². The van der Waals surface area contributed by atoms with Crippen LogP contribution in [0.4, 0.5) is 0 Å². The maximum atomic E-state index is 10.1. The topological polar surface area (TPSA) is 40.5 Å². The molecule has 0 amide bonds. The fourth-order valence-corrected chi connectivity index (χ4v) is 3.09. The zero-order chi connectivity index (χ0) is 13.2. The average molecular weight is 256 g/mol. The fourth-order valence-electron chi connectivity index (χ4n) is 3.09. The highest BCUT2D eigenvalue weighted by molar-refractivity contribution is 4.78. The minimum atomic E-state index is -0.487. The fraction of sp³-hybridized carbons (Fsp3) is 1.00. The van der Waals surface area contributed by atoms with E-state index < -0.39 is 12.2 Å². The van der Waals surface area contributed by atoms with Crippen LogP contribution in [0.2, 0.25) is 0 Å². The lowest BCUT2D eigenvalue weighted by Crippen LogP contribution is -2.34. The number of aliphatic hydroxyl groups is 2. The lowest BCUT2D eigenvalue weighted by atomic mass is 9.82. The summed E-state index contributed by atoms with van der Waals surface area (Å²) < 4.78 is 0. The van der Waals surface area contributed by atoms with Crippen LogP contribution in [0.5, 0.6) is 0 Å². The predicted octanol–water partition coefficient (Wildman–Crippen LogP) is 4.04. The van der Waals surface area contributed by atoms with Crippen molar-refractivity contribution in [2.24, 2.45) is 5.92 Å². The molecule has 108 valence electrons. The van der Waals surface area contributed by atoms with Crippen LogP contribution in [0.1, 0.15) is 84.0 Å². The lowest BCUT2D eigenvalue weighted by Gasteiger charge is -2.29. The SMILES string of the molecule is CCCCCCCCC(O)C(O)C1CCCCC1. The van der Waals surface area contributed by atoms with Gasteiger partial charge in [0, 0.05) is 0 Å². The number of aliphatic hydroxyl groups excluding tert-OH is 2. The molecular weight excluding hydrogens is 224 g/mol. The zero-order valence-corrected chi connectivity index (χ0v) is 12.1. The minimum Gasteiger partial charge on any atom is -0.390 e. The molecule has 0 bridgehead atoms. The molecule has 2 unspecified atom stereocenters. The number of rotatable bonds is 9. The van der Waals surface area contributed by atoms with Gasteiger partial charge in [0.1, 0.15) is 0 Å². The van der Waals surface area contributed by atoms with Gasteiger partial charge >= 0.3 is 0 Å². The van der Waals surface area contributed by atoms with Crippen molar-refractivity contribution in [2.75, 3.05) is 0 Å². The molecule has 0 aliphatic heterocycles. The Hall–Kier alpha value is -0.0800. The molecule has 2 N–H and O–H groups in total. The van der Waals surface area contributed by atoms with Gasteiger partial charge < -0.3 is 10.2 Å². The Bertz CT molecular complexity index is 188. The molecule has 18 heavy (non-hydrogen) atoms. The Balaban J connectivity index is 2.05. The Morgan fingerprint density at radius 2 is 1.50 bits per heavy atom. The maximum Gasteiger partial charge on any atom is 0.0827 e. The van der Waals surface area contributed by atoms with Gasteiger partial charge in [0.15, 0.2) is 0 Å². The summed E-state index contributed by atoms with van der Waals surface area (Å²) in [7, 11) is 0. The van der Waals surface area contributed by atoms with Crippen LogP contribution < -0.4 is 0 Å². The summed E-state index contributed by atoms with van der Waals surface area (Å²) in [5, 5.41) is 20.2. The smallest absolute Gasteiger partial charge is 0.0827 e. The minimum absolute atomic E-state index is 0.355. The molecule has 2 nitrogen and oxygen atoms in total. The van der Waals surface area contributed by atoms with Crippen LogP contribution in [0.25, 0.3) is 0 Å². The van der Waals surface area contributed by atoms with Gasteiger partial charge in [-0.05, 0) is 25.2 Å². The summed E-state index contributed by atoms with van der Waals surface area (Å²) in [5.41, 5.74) is 0. The molecule has 1 fully saturated rings. The first kappa shape index (κ1) is 16.0. The first-order valence-electron chi connectivity index (χ1n) is 8.11. The molecule has 0 heterocycles. The molecule has 0 radical (unpaired) electrons. The molecule has 1 aliphatic rings. The van der Waals surface area contributed by atoms with E-state index in [-0.39, 0.29) is 0 Å². The molecule has 2 atom stereocenters. The van der Waals surface area contributed by atoms with E-state index in [1.165, 1.54) is 51.4 Å². The molecular formula is C16H32O2. The lowest BCUT2D eigenvalue weighted by molar-refractivity contribution is -0.0314. The highest BCUT2D eigenvalue weighted by atomic mass is 16.3. The molecule has 0 spiro atoms. The summed E-state index contributed by atoms with van der Waals surface area (Å²) in [5.74, 6) is 0.355. The zero-order valence-electron chi connectivity index (χ0n) is 12.1. The van der Waals surface area contributed by atoms with E-state index in [4.69, 9.17) is 0 Å². The van der Waals surface area contributed by atoms with Gasteiger partial charge in [0.25, 0.3) is 0 Å². The highest BCUT2D eigenvalue weighted by Crippen LogP contribution is 2.28. The molecule has 1 rings (SSSR count).